The Labute approximate surface area is 196 Å². The lowest BCUT2D eigenvalue weighted by Gasteiger charge is -2.28. The maximum absolute atomic E-state index is 14.4. The molecule has 1 aromatic carbocycles. The van der Waals surface area contributed by atoms with Crippen molar-refractivity contribution in [3.8, 4) is 5.75 Å². The van der Waals surface area contributed by atoms with Crippen molar-refractivity contribution in [1.82, 2.24) is 0 Å². The molecule has 1 aliphatic heterocycles. The van der Waals surface area contributed by atoms with E-state index in [1.54, 1.807) is 0 Å². The normalized spacial score (nSPS) is 17.9. The summed E-state index contributed by atoms with van der Waals surface area (Å²) in [6, 6.07) is 2.79. The van der Waals surface area contributed by atoms with Crippen molar-refractivity contribution in [2.75, 3.05) is 30.5 Å². The highest BCUT2D eigenvalue weighted by Crippen LogP contribution is 2.43. The van der Waals surface area contributed by atoms with E-state index in [0.29, 0.717) is 0 Å². The molecule has 2 unspecified atom stereocenters. The number of nitrogens with zero attached hydrogens (tertiary/aromatic N) is 2. The number of nitrogens with two attached hydrogens (primary N) is 1. The van der Waals surface area contributed by atoms with E-state index in [1.807, 2.05) is 0 Å². The fourth-order valence-electron chi connectivity index (χ4n) is 3.73. The molecule has 9 nitrogen and oxygen atoms in total. The van der Waals surface area contributed by atoms with Gasteiger partial charge in [-0.15, -0.1) is 4.89 Å². The molecule has 1 saturated heterocycles. The molecule has 3 rings (SSSR count). The topological polar surface area (TPSA) is 107 Å². The highest BCUT2D eigenvalue weighted by atomic mass is 19.4. The highest BCUT2D eigenvalue weighted by Gasteiger charge is 2.50. The van der Waals surface area contributed by atoms with Crippen molar-refractivity contribution >= 4 is 23.2 Å². The molecule has 1 fully saturated rings. The van der Waals surface area contributed by atoms with E-state index in [1.165, 1.54) is 26.3 Å². The molecule has 0 radical (unpaired) electrons. The number of rotatable bonds is 8. The number of pyridine rings is 1. The second-order valence-corrected chi connectivity index (χ2v) is 7.51. The first-order valence-corrected chi connectivity index (χ1v) is 10.3. The van der Waals surface area contributed by atoms with Crippen LogP contribution in [0.2, 0.25) is 0 Å². The Kier molecular flexibility index (Phi) is 7.63. The van der Waals surface area contributed by atoms with Crippen molar-refractivity contribution in [2.45, 2.75) is 25.6 Å². The summed E-state index contributed by atoms with van der Waals surface area (Å²) in [6.07, 6.45) is -4.11. The maximum atomic E-state index is 14.4. The Hall–Kier alpha value is -3.68. The lowest BCUT2D eigenvalue weighted by Crippen LogP contribution is -2.48. The molecule has 190 valence electrons. The third-order valence-electron chi connectivity index (χ3n) is 5.29. The number of ether oxygens (including phenoxy) is 1. The van der Waals surface area contributed by atoms with Gasteiger partial charge in [0.05, 0.1) is 35.7 Å². The second kappa shape index (κ2) is 10.3. The molecule has 1 aliphatic rings. The Bertz CT molecular complexity index is 1110. The van der Waals surface area contributed by atoms with Crippen LogP contribution < -0.4 is 30.4 Å². The molecular formula is C21H22F5N4O5+. The van der Waals surface area contributed by atoms with E-state index in [2.05, 4.69) is 10.2 Å². The van der Waals surface area contributed by atoms with E-state index in [4.69, 9.17) is 15.5 Å². The average molecular weight is 505 g/mol. The average Bonchev–Trinajstić information content (AvgIpc) is 3.24. The Morgan fingerprint density at radius 3 is 2.57 bits per heavy atom. The van der Waals surface area contributed by atoms with Crippen LogP contribution in [0.5, 0.6) is 5.75 Å². The highest BCUT2D eigenvalue weighted by molar-refractivity contribution is 5.98. The van der Waals surface area contributed by atoms with Gasteiger partial charge in [-0.1, -0.05) is 4.99 Å². The van der Waals surface area contributed by atoms with Crippen molar-refractivity contribution in [2.24, 2.45) is 11.7 Å². The molecule has 1 aromatic heterocycles. The van der Waals surface area contributed by atoms with E-state index in [9.17, 15) is 31.5 Å². The second-order valence-electron chi connectivity index (χ2n) is 7.51. The molecule has 0 saturated carbocycles. The summed E-state index contributed by atoms with van der Waals surface area (Å²) in [5, 5.41) is 2.42. The van der Waals surface area contributed by atoms with Crippen molar-refractivity contribution in [1.29, 1.82) is 0 Å². The first-order valence-electron chi connectivity index (χ1n) is 10.3. The van der Waals surface area contributed by atoms with Gasteiger partial charge in [0.2, 0.25) is 17.9 Å². The first-order chi connectivity index (χ1) is 16.5. The molecule has 0 aliphatic carbocycles. The number of carbonyl (C=O) groups excluding carboxylic acids is 2. The molecular weight excluding hydrogens is 483 g/mol. The molecule has 3 N–H and O–H groups in total. The van der Waals surface area contributed by atoms with Gasteiger partial charge in [-0.25, -0.2) is 4.39 Å². The number of nitrogens with one attached hydrogen (secondary N) is 1. The van der Waals surface area contributed by atoms with Crippen LogP contribution >= 0.6 is 0 Å². The van der Waals surface area contributed by atoms with E-state index in [0.717, 1.165) is 27.8 Å². The smallest absolute Gasteiger partial charge is 0.393 e. The third kappa shape index (κ3) is 5.53. The monoisotopic (exact) mass is 505 g/mol. The summed E-state index contributed by atoms with van der Waals surface area (Å²) in [6.45, 7) is 0.714. The minimum Gasteiger partial charge on any atom is -0.489 e. The lowest BCUT2D eigenvalue weighted by atomic mass is 10.0. The van der Waals surface area contributed by atoms with Crippen molar-refractivity contribution in [3.63, 3.8) is 0 Å². The number of hydrogen-bond acceptors (Lipinski definition) is 6. The predicted molar refractivity (Wildman–Crippen MR) is 110 cm³/mol. The van der Waals surface area contributed by atoms with Gasteiger partial charge >= 0.3 is 17.8 Å². The van der Waals surface area contributed by atoms with Gasteiger partial charge in [-0.3, -0.25) is 9.59 Å². The van der Waals surface area contributed by atoms with Gasteiger partial charge in [0.1, 0.15) is 6.04 Å². The summed E-state index contributed by atoms with van der Waals surface area (Å²) < 4.78 is 74.9. The number of alkyl halides is 3. The molecule has 0 spiro atoms. The van der Waals surface area contributed by atoms with E-state index >= 15 is 0 Å². The van der Waals surface area contributed by atoms with Gasteiger partial charge in [-0.05, 0) is 25.5 Å². The number of halogens is 5. The Morgan fingerprint density at radius 1 is 1.26 bits per heavy atom. The number of carbonyl (C=O) groups is 2. The third-order valence-corrected chi connectivity index (χ3v) is 5.29. The van der Waals surface area contributed by atoms with E-state index < -0.39 is 60.3 Å². The van der Waals surface area contributed by atoms with Gasteiger partial charge in [0, 0.05) is 18.7 Å². The standard InChI is InChI=1S/C21H21F5N4O5/c1-3-34-18-14(5-4-13(22)17(18)23)29-10-11(21(24,25)26)8-16(29)20(32)28-12-6-7-30(35-33-2)15(9-12)19(27)31/h4-7,9,11,16H,3,8,10H2,1-2H3,(H2,27,31)/p+1. The minimum absolute atomic E-state index is 0.0190. The fraction of sp³-hybridized carbons (Fsp3) is 0.381. The summed E-state index contributed by atoms with van der Waals surface area (Å²) in [5.41, 5.74) is 4.86. The van der Waals surface area contributed by atoms with Gasteiger partial charge in [0.15, 0.2) is 11.6 Å². The summed E-state index contributed by atoms with van der Waals surface area (Å²) >= 11 is 0. The first kappa shape index (κ1) is 25.9. The molecule has 2 heterocycles. The number of aromatic nitrogens is 1. The van der Waals surface area contributed by atoms with Crippen molar-refractivity contribution < 1.29 is 50.9 Å². The summed E-state index contributed by atoms with van der Waals surface area (Å²) in [7, 11) is 1.17. The molecule has 35 heavy (non-hydrogen) atoms. The van der Waals surface area contributed by atoms with Crippen LogP contribution in [0.15, 0.2) is 30.5 Å². The molecule has 14 heteroatoms. The zero-order valence-electron chi connectivity index (χ0n) is 18.6. The predicted octanol–water partition coefficient (Wildman–Crippen LogP) is 2.14. The summed E-state index contributed by atoms with van der Waals surface area (Å²) in [4.78, 5) is 35.0. The van der Waals surface area contributed by atoms with E-state index in [-0.39, 0.29) is 23.7 Å². The van der Waals surface area contributed by atoms with Crippen molar-refractivity contribution in [3.05, 3.63) is 47.8 Å². The molecule has 2 atom stereocenters. The van der Waals surface area contributed by atoms with Crippen LogP contribution in [0.4, 0.5) is 33.3 Å². The number of hydrogen-bond donors (Lipinski definition) is 2. The number of primary amides is 1. The lowest BCUT2D eigenvalue weighted by molar-refractivity contribution is -0.957. The minimum atomic E-state index is -4.65. The summed E-state index contributed by atoms with van der Waals surface area (Å²) in [5.74, 6) is -6.97. The molecule has 2 amide bonds. The van der Waals surface area contributed by atoms with Crippen LogP contribution in [0.25, 0.3) is 0 Å². The van der Waals surface area contributed by atoms with Gasteiger partial charge in [0.25, 0.3) is 0 Å². The van der Waals surface area contributed by atoms with Crippen LogP contribution in [0.3, 0.4) is 0 Å². The molecule has 0 bridgehead atoms. The fourth-order valence-corrected chi connectivity index (χ4v) is 3.73. The largest absolute Gasteiger partial charge is 0.489 e. The Balaban J connectivity index is 1.97. The SMILES string of the molecule is CCOc1c(N2CC(C(F)(F)F)CC2C(=O)Nc2cc[n+](OOC)c(C(N)=O)c2)ccc(F)c1F. The van der Waals surface area contributed by atoms with Crippen LogP contribution in [0, 0.1) is 17.6 Å². The van der Waals surface area contributed by atoms with Crippen LogP contribution in [0.1, 0.15) is 23.8 Å². The maximum Gasteiger partial charge on any atom is 0.393 e. The Morgan fingerprint density at radius 2 is 1.97 bits per heavy atom. The zero-order chi connectivity index (χ0) is 25.9. The zero-order valence-corrected chi connectivity index (χ0v) is 18.6. The molecule has 2 aromatic rings. The van der Waals surface area contributed by atoms with Gasteiger partial charge < -0.3 is 20.7 Å². The van der Waals surface area contributed by atoms with Gasteiger partial charge in [-0.2, -0.15) is 17.6 Å². The number of anilines is 2. The number of amides is 2. The quantitative estimate of drug-likeness (QED) is 0.247. The van der Waals surface area contributed by atoms with Crippen LogP contribution in [-0.4, -0.2) is 44.3 Å². The number of benzene rings is 1. The van der Waals surface area contributed by atoms with Crippen LogP contribution in [-0.2, 0) is 9.68 Å².